The summed E-state index contributed by atoms with van der Waals surface area (Å²) in [4.78, 5) is 2.56. The average Bonchev–Trinajstić information content (AvgIpc) is 2.62. The van der Waals surface area contributed by atoms with Gasteiger partial charge in [0.05, 0.1) is 6.10 Å². The zero-order valence-corrected chi connectivity index (χ0v) is 11.4. The Labute approximate surface area is 110 Å². The Kier molecular flexibility index (Phi) is 3.16. The van der Waals surface area contributed by atoms with E-state index in [2.05, 4.69) is 49.1 Å². The third kappa shape index (κ3) is 2.19. The van der Waals surface area contributed by atoms with E-state index >= 15 is 0 Å². The van der Waals surface area contributed by atoms with Crippen LogP contribution in [0.3, 0.4) is 0 Å². The average molecular weight is 245 g/mol. The Bertz CT molecular complexity index is 401. The van der Waals surface area contributed by atoms with Crippen LogP contribution in [0, 0.1) is 0 Å². The van der Waals surface area contributed by atoms with Gasteiger partial charge in [0.15, 0.2) is 0 Å². The van der Waals surface area contributed by atoms with Crippen molar-refractivity contribution in [2.75, 3.05) is 0 Å². The van der Waals surface area contributed by atoms with Crippen LogP contribution in [0.2, 0.25) is 0 Å². The summed E-state index contributed by atoms with van der Waals surface area (Å²) in [5.41, 5.74) is 1.27. The molecule has 2 nitrogen and oxygen atoms in total. The van der Waals surface area contributed by atoms with Crippen LogP contribution in [-0.4, -0.2) is 22.8 Å². The van der Waals surface area contributed by atoms with Crippen molar-refractivity contribution < 1.29 is 4.74 Å². The second-order valence-corrected chi connectivity index (χ2v) is 6.07. The number of hydrogen-bond donors (Lipinski definition) is 0. The van der Waals surface area contributed by atoms with Crippen molar-refractivity contribution in [3.8, 4) is 0 Å². The molecular formula is C16H23NO. The molecule has 98 valence electrons. The minimum Gasteiger partial charge on any atom is -0.356 e. The monoisotopic (exact) mass is 245 g/mol. The van der Waals surface area contributed by atoms with Gasteiger partial charge in [-0.1, -0.05) is 43.2 Å². The highest BCUT2D eigenvalue weighted by Crippen LogP contribution is 2.40. The van der Waals surface area contributed by atoms with Gasteiger partial charge in [-0.15, -0.1) is 0 Å². The first-order valence-corrected chi connectivity index (χ1v) is 7.15. The summed E-state index contributed by atoms with van der Waals surface area (Å²) in [6.07, 6.45) is 5.67. The van der Waals surface area contributed by atoms with E-state index in [4.69, 9.17) is 4.74 Å². The van der Waals surface area contributed by atoms with E-state index in [1.165, 1.54) is 31.2 Å². The second kappa shape index (κ2) is 4.67. The normalized spacial score (nSPS) is 31.2. The fourth-order valence-electron chi connectivity index (χ4n) is 3.50. The maximum Gasteiger partial charge on any atom is 0.117 e. The van der Waals surface area contributed by atoms with Crippen molar-refractivity contribution >= 4 is 0 Å². The first-order valence-electron chi connectivity index (χ1n) is 7.15. The first kappa shape index (κ1) is 12.2. The molecule has 2 atom stereocenters. The van der Waals surface area contributed by atoms with Crippen LogP contribution in [0.5, 0.6) is 0 Å². The number of ether oxygens (including phenoxy) is 1. The summed E-state index contributed by atoms with van der Waals surface area (Å²) in [6.45, 7) is 5.44. The first-order chi connectivity index (χ1) is 8.67. The minimum absolute atomic E-state index is 0.116. The van der Waals surface area contributed by atoms with Crippen molar-refractivity contribution in [1.29, 1.82) is 0 Å². The van der Waals surface area contributed by atoms with Crippen molar-refractivity contribution in [1.82, 2.24) is 4.90 Å². The molecule has 3 rings (SSSR count). The second-order valence-electron chi connectivity index (χ2n) is 6.07. The standard InChI is InChI=1S/C16H23NO/c1-16(2)17(12-13-8-4-3-5-9-13)14-10-6-7-11-15(14)18-16/h3-5,8-9,14-15H,6-7,10-12H2,1-2H3. The van der Waals surface area contributed by atoms with Gasteiger partial charge >= 0.3 is 0 Å². The maximum absolute atomic E-state index is 6.26. The lowest BCUT2D eigenvalue weighted by Crippen LogP contribution is -2.44. The lowest BCUT2D eigenvalue weighted by molar-refractivity contribution is -0.0796. The molecule has 0 amide bonds. The number of benzene rings is 1. The number of rotatable bonds is 2. The van der Waals surface area contributed by atoms with Crippen LogP contribution in [0.15, 0.2) is 30.3 Å². The van der Waals surface area contributed by atoms with E-state index in [0.29, 0.717) is 12.1 Å². The van der Waals surface area contributed by atoms with Crippen molar-refractivity contribution in [2.45, 2.75) is 63.9 Å². The van der Waals surface area contributed by atoms with E-state index in [1.54, 1.807) is 0 Å². The van der Waals surface area contributed by atoms with Gasteiger partial charge in [0, 0.05) is 12.6 Å². The lowest BCUT2D eigenvalue weighted by atomic mass is 9.92. The summed E-state index contributed by atoms with van der Waals surface area (Å²) in [7, 11) is 0. The summed E-state index contributed by atoms with van der Waals surface area (Å²) in [5, 5.41) is 0. The molecule has 1 saturated carbocycles. The third-order valence-corrected chi connectivity index (χ3v) is 4.40. The van der Waals surface area contributed by atoms with Crippen LogP contribution in [0.1, 0.15) is 45.1 Å². The maximum atomic E-state index is 6.26. The molecule has 2 aliphatic rings. The Morgan fingerprint density at radius 2 is 1.89 bits per heavy atom. The molecule has 0 spiro atoms. The van der Waals surface area contributed by atoms with E-state index in [0.717, 1.165) is 6.54 Å². The van der Waals surface area contributed by atoms with Crippen LogP contribution < -0.4 is 0 Å². The number of nitrogens with zero attached hydrogens (tertiary/aromatic N) is 1. The zero-order valence-electron chi connectivity index (χ0n) is 11.4. The van der Waals surface area contributed by atoms with Gasteiger partial charge in [0.1, 0.15) is 5.72 Å². The van der Waals surface area contributed by atoms with Crippen LogP contribution in [0.4, 0.5) is 0 Å². The van der Waals surface area contributed by atoms with Gasteiger partial charge in [0.2, 0.25) is 0 Å². The Morgan fingerprint density at radius 1 is 1.17 bits per heavy atom. The minimum atomic E-state index is -0.116. The summed E-state index contributed by atoms with van der Waals surface area (Å²) >= 11 is 0. The van der Waals surface area contributed by atoms with Gasteiger partial charge in [-0.3, -0.25) is 4.90 Å². The SMILES string of the molecule is CC1(C)OC2CCCCC2N1Cc1ccccc1. The molecule has 1 saturated heterocycles. The predicted molar refractivity (Wildman–Crippen MR) is 73.2 cm³/mol. The number of hydrogen-bond acceptors (Lipinski definition) is 2. The fraction of sp³-hybridized carbons (Fsp3) is 0.625. The van der Waals surface area contributed by atoms with Crippen molar-refractivity contribution in [3.63, 3.8) is 0 Å². The molecule has 1 aliphatic heterocycles. The smallest absolute Gasteiger partial charge is 0.117 e. The molecule has 1 aliphatic carbocycles. The van der Waals surface area contributed by atoms with Crippen molar-refractivity contribution in [3.05, 3.63) is 35.9 Å². The van der Waals surface area contributed by atoms with Gasteiger partial charge in [0.25, 0.3) is 0 Å². The quantitative estimate of drug-likeness (QED) is 0.790. The molecule has 2 fully saturated rings. The number of fused-ring (bicyclic) bond motifs is 1. The van der Waals surface area contributed by atoms with Gasteiger partial charge in [-0.2, -0.15) is 0 Å². The molecule has 0 N–H and O–H groups in total. The van der Waals surface area contributed by atoms with Crippen LogP contribution in [0.25, 0.3) is 0 Å². The van der Waals surface area contributed by atoms with E-state index < -0.39 is 0 Å². The molecule has 0 aromatic heterocycles. The fourth-order valence-corrected chi connectivity index (χ4v) is 3.50. The summed E-state index contributed by atoms with van der Waals surface area (Å²) < 4.78 is 6.26. The highest BCUT2D eigenvalue weighted by atomic mass is 16.5. The molecule has 1 aromatic carbocycles. The topological polar surface area (TPSA) is 12.5 Å². The van der Waals surface area contributed by atoms with E-state index in [-0.39, 0.29) is 5.72 Å². The van der Waals surface area contributed by atoms with Crippen LogP contribution >= 0.6 is 0 Å². The predicted octanol–water partition coefficient (Wildman–Crippen LogP) is 3.57. The summed E-state index contributed by atoms with van der Waals surface area (Å²) in [6, 6.07) is 11.4. The van der Waals surface area contributed by atoms with Crippen molar-refractivity contribution in [2.24, 2.45) is 0 Å². The largest absolute Gasteiger partial charge is 0.356 e. The van der Waals surface area contributed by atoms with Gasteiger partial charge in [-0.05, 0) is 32.3 Å². The highest BCUT2D eigenvalue weighted by Gasteiger charge is 2.47. The third-order valence-electron chi connectivity index (χ3n) is 4.40. The molecule has 2 unspecified atom stereocenters. The van der Waals surface area contributed by atoms with E-state index in [1.807, 2.05) is 0 Å². The van der Waals surface area contributed by atoms with Gasteiger partial charge < -0.3 is 4.74 Å². The highest BCUT2D eigenvalue weighted by molar-refractivity contribution is 5.15. The van der Waals surface area contributed by atoms with Crippen LogP contribution in [-0.2, 0) is 11.3 Å². The lowest BCUT2D eigenvalue weighted by Gasteiger charge is -2.34. The molecule has 18 heavy (non-hydrogen) atoms. The Balaban J connectivity index is 1.80. The molecule has 1 aromatic rings. The Morgan fingerprint density at radius 3 is 2.67 bits per heavy atom. The van der Waals surface area contributed by atoms with E-state index in [9.17, 15) is 0 Å². The zero-order chi connectivity index (χ0) is 12.6. The summed E-state index contributed by atoms with van der Waals surface area (Å²) in [5.74, 6) is 0. The molecule has 0 bridgehead atoms. The molecule has 0 radical (unpaired) electrons. The Hall–Kier alpha value is -0.860. The molecule has 2 heteroatoms. The van der Waals surface area contributed by atoms with Gasteiger partial charge in [-0.25, -0.2) is 0 Å². The molecular weight excluding hydrogens is 222 g/mol. The molecule has 1 heterocycles.